The molecule has 0 bridgehead atoms. The molecule has 0 N–H and O–H groups in total. The Morgan fingerprint density at radius 3 is 0.755 bits per heavy atom. The molecule has 0 unspecified atom stereocenters. The molecule has 14 aromatic rings. The topological polar surface area (TPSA) is 19.4 Å². The molecular formula is C96H72B2N6S2. The summed E-state index contributed by atoms with van der Waals surface area (Å²) in [4.78, 5) is 20.7. The smallest absolute Gasteiger partial charge is 0.252 e. The molecule has 0 spiro atoms. The van der Waals surface area contributed by atoms with Crippen molar-refractivity contribution in [2.75, 3.05) is 29.4 Å². The number of hydrogen-bond acceptors (Lipinski definition) is 8. The normalized spacial score (nSPS) is 16.8. The maximum Gasteiger partial charge on any atom is 0.252 e. The van der Waals surface area contributed by atoms with Crippen LogP contribution in [0.5, 0.6) is 0 Å². The lowest BCUT2D eigenvalue weighted by atomic mass is 9.32. The molecule has 0 aliphatic carbocycles. The summed E-state index contributed by atoms with van der Waals surface area (Å²) in [5, 5.41) is 0. The summed E-state index contributed by atoms with van der Waals surface area (Å²) < 4.78 is 0. The van der Waals surface area contributed by atoms with Gasteiger partial charge in [-0.25, -0.2) is 0 Å². The molecule has 504 valence electrons. The second-order valence-corrected chi connectivity index (χ2v) is 34.5. The van der Waals surface area contributed by atoms with Crippen LogP contribution < -0.4 is 62.2 Å². The van der Waals surface area contributed by atoms with Crippen molar-refractivity contribution in [3.05, 3.63) is 336 Å². The van der Waals surface area contributed by atoms with Gasteiger partial charge in [0, 0.05) is 75.4 Å². The predicted molar refractivity (Wildman–Crippen MR) is 447 cm³/mol. The third-order valence-electron chi connectivity index (χ3n) is 25.5. The Bertz CT molecular complexity index is 5930. The van der Waals surface area contributed by atoms with Crippen molar-refractivity contribution in [2.24, 2.45) is 0 Å². The number of nitrogens with zero attached hydrogens (tertiary/aromatic N) is 6. The van der Waals surface area contributed by atoms with Gasteiger partial charge in [-0.1, -0.05) is 273 Å². The highest BCUT2D eigenvalue weighted by Crippen LogP contribution is 2.63. The van der Waals surface area contributed by atoms with Crippen LogP contribution in [0.4, 0.5) is 102 Å². The van der Waals surface area contributed by atoms with E-state index in [0.29, 0.717) is 0 Å². The van der Waals surface area contributed by atoms with Crippen molar-refractivity contribution in [1.29, 1.82) is 0 Å². The van der Waals surface area contributed by atoms with Crippen LogP contribution in [-0.2, 0) is 21.7 Å². The van der Waals surface area contributed by atoms with Crippen LogP contribution in [0.1, 0.15) is 99.9 Å². The first-order valence-corrected chi connectivity index (χ1v) is 39.1. The molecule has 6 nitrogen and oxygen atoms in total. The first-order valence-electron chi connectivity index (χ1n) is 37.5. The largest absolute Gasteiger partial charge is 0.311 e. The van der Waals surface area contributed by atoms with Crippen molar-refractivity contribution in [3.63, 3.8) is 0 Å². The van der Waals surface area contributed by atoms with Gasteiger partial charge in [0.15, 0.2) is 0 Å². The third kappa shape index (κ3) is 7.77. The minimum atomic E-state index is -0.162. The number of fused-ring (bicyclic) bond motifs is 20. The fourth-order valence-corrected chi connectivity index (χ4v) is 23.0. The molecule has 10 aliphatic rings. The SMILES string of the molecule is CC1(C)c2ccccc2N(c2cc3c4c(c2)N2c5ccccc5C(C)(C)c5cccc(c52)B4c2cccc4c2N3c2ccccc2C4(C)C)c2ccccc21.CC1(C)c2ccccc2N(c2cc3c4c(c2)N2c5ccccc5Sc5cccc(c52)B4c2cccc4c2N3c2ccccc2S4)c2ccccc21. The molecule has 0 atom stereocenters. The standard InChI is InChI=1S/C51H42BN3.C45H30BN3S2/c1-49(2)32-17-7-11-25-40(32)53(41-26-12-8-18-33(41)49)31-29-44-46-45(30-31)55-43-28-14-10-20-35(43)51(5,6)37-22-16-24-39(48(37)55)52(46)38-23-15-21-36-47(38)54(44)42-27-13-9-19-34(42)50(36,3)4;1-45(2)28-13-3-5-17-32(28)47(33-18-6-4-14-29(33)45)27-25-36-42-37(26-27)49-35-20-8-10-22-39(35)51-41-24-12-16-31(44(41)49)46(42)30-15-11-23-40-43(30)48(36)34-19-7-9-21-38(34)50-40/h7-30H,1-6H3;3-26H,1-2H3. The molecule has 14 aromatic carbocycles. The van der Waals surface area contributed by atoms with Gasteiger partial charge in [-0.15, -0.1) is 0 Å². The van der Waals surface area contributed by atoms with E-state index in [1.165, 1.54) is 199 Å². The highest BCUT2D eigenvalue weighted by molar-refractivity contribution is 8.00. The quantitative estimate of drug-likeness (QED) is 0.158. The van der Waals surface area contributed by atoms with Gasteiger partial charge in [0.05, 0.1) is 68.2 Å². The summed E-state index contributed by atoms with van der Waals surface area (Å²) in [6, 6.07) is 110. The highest BCUT2D eigenvalue weighted by atomic mass is 32.2. The summed E-state index contributed by atoms with van der Waals surface area (Å²) in [7, 11) is 0. The van der Waals surface area contributed by atoms with Gasteiger partial charge in [0.1, 0.15) is 0 Å². The van der Waals surface area contributed by atoms with Gasteiger partial charge in [0.2, 0.25) is 0 Å². The second kappa shape index (κ2) is 21.2. The minimum Gasteiger partial charge on any atom is -0.311 e. The molecule has 0 radical (unpaired) electrons. The van der Waals surface area contributed by atoms with E-state index in [4.69, 9.17) is 0 Å². The zero-order chi connectivity index (χ0) is 70.8. The van der Waals surface area contributed by atoms with E-state index in [0.717, 1.165) is 0 Å². The molecule has 0 aromatic heterocycles. The van der Waals surface area contributed by atoms with Gasteiger partial charge in [-0.3, -0.25) is 0 Å². The molecule has 106 heavy (non-hydrogen) atoms. The lowest BCUT2D eigenvalue weighted by Crippen LogP contribution is -2.63. The Balaban J connectivity index is 0.000000129. The van der Waals surface area contributed by atoms with Crippen LogP contribution >= 0.6 is 23.5 Å². The van der Waals surface area contributed by atoms with E-state index in [2.05, 4.69) is 376 Å². The van der Waals surface area contributed by atoms with E-state index in [1.54, 1.807) is 0 Å². The average molecular weight is 1400 g/mol. The number of anilines is 18. The lowest BCUT2D eigenvalue weighted by molar-refractivity contribution is 0.631. The molecule has 0 amide bonds. The van der Waals surface area contributed by atoms with Crippen molar-refractivity contribution >= 4 is 172 Å². The van der Waals surface area contributed by atoms with Gasteiger partial charge in [-0.2, -0.15) is 0 Å². The molecule has 10 heterocycles. The lowest BCUT2D eigenvalue weighted by Gasteiger charge is -2.52. The Morgan fingerprint density at radius 2 is 0.434 bits per heavy atom. The average Bonchev–Trinajstić information content (AvgIpc) is 0.674. The Labute approximate surface area is 629 Å². The fraction of sp³-hybridized carbons (Fsp3) is 0.125. The van der Waals surface area contributed by atoms with Crippen LogP contribution in [0, 0.1) is 0 Å². The van der Waals surface area contributed by atoms with Gasteiger partial charge in [0.25, 0.3) is 13.4 Å². The van der Waals surface area contributed by atoms with Crippen LogP contribution in [0.2, 0.25) is 0 Å². The van der Waals surface area contributed by atoms with Gasteiger partial charge < -0.3 is 29.4 Å². The van der Waals surface area contributed by atoms with E-state index in [-0.39, 0.29) is 35.1 Å². The monoisotopic (exact) mass is 1390 g/mol. The molecule has 24 rings (SSSR count). The Kier molecular flexibility index (Phi) is 12.2. The van der Waals surface area contributed by atoms with Crippen molar-refractivity contribution in [1.82, 2.24) is 0 Å². The molecule has 10 heteroatoms. The summed E-state index contributed by atoms with van der Waals surface area (Å²) in [5.41, 5.74) is 41.2. The number of rotatable bonds is 2. The predicted octanol–water partition coefficient (Wildman–Crippen LogP) is 22.0. The van der Waals surface area contributed by atoms with Crippen LogP contribution in [-0.4, -0.2) is 13.4 Å². The fourth-order valence-electron chi connectivity index (χ4n) is 20.8. The second-order valence-electron chi connectivity index (χ2n) is 32.3. The molecule has 0 saturated carbocycles. The maximum absolute atomic E-state index is 2.63. The van der Waals surface area contributed by atoms with Gasteiger partial charge in [-0.05, 0) is 174 Å². The molecule has 0 fully saturated rings. The third-order valence-corrected chi connectivity index (χ3v) is 27.8. The zero-order valence-electron chi connectivity index (χ0n) is 60.4. The van der Waals surface area contributed by atoms with E-state index in [9.17, 15) is 0 Å². The van der Waals surface area contributed by atoms with E-state index < -0.39 is 0 Å². The van der Waals surface area contributed by atoms with Crippen molar-refractivity contribution in [2.45, 2.75) is 96.6 Å². The van der Waals surface area contributed by atoms with Crippen LogP contribution in [0.25, 0.3) is 0 Å². The van der Waals surface area contributed by atoms with Crippen molar-refractivity contribution in [3.8, 4) is 0 Å². The minimum absolute atomic E-state index is 0.0819. The first-order chi connectivity index (χ1) is 51.7. The summed E-state index contributed by atoms with van der Waals surface area (Å²) in [6.45, 7) is 19.3. The van der Waals surface area contributed by atoms with E-state index in [1.807, 2.05) is 23.5 Å². The van der Waals surface area contributed by atoms with Crippen LogP contribution in [0.3, 0.4) is 0 Å². The van der Waals surface area contributed by atoms with Crippen LogP contribution in [0.15, 0.2) is 311 Å². The number of para-hydroxylation sites is 12. The molecule has 10 aliphatic heterocycles. The molecule has 0 saturated heterocycles. The Morgan fingerprint density at radius 1 is 0.208 bits per heavy atom. The molecular weight excluding hydrogens is 1320 g/mol. The summed E-state index contributed by atoms with van der Waals surface area (Å²) in [5.74, 6) is 0. The van der Waals surface area contributed by atoms with E-state index >= 15 is 0 Å². The number of benzene rings is 14. The number of hydrogen-bond donors (Lipinski definition) is 0. The Hall–Kier alpha value is -11.3. The van der Waals surface area contributed by atoms with Gasteiger partial charge >= 0.3 is 0 Å². The zero-order valence-corrected chi connectivity index (χ0v) is 62.0. The summed E-state index contributed by atoms with van der Waals surface area (Å²) >= 11 is 3.79. The maximum atomic E-state index is 2.63. The summed E-state index contributed by atoms with van der Waals surface area (Å²) in [6.07, 6.45) is 0. The first kappa shape index (κ1) is 61.1. The highest BCUT2D eigenvalue weighted by Gasteiger charge is 2.53. The van der Waals surface area contributed by atoms with Crippen molar-refractivity contribution < 1.29 is 0 Å².